The van der Waals surface area contributed by atoms with Crippen molar-refractivity contribution in [2.45, 2.75) is 5.16 Å². The Labute approximate surface area is 149 Å². The van der Waals surface area contributed by atoms with Gasteiger partial charge in [0.15, 0.2) is 5.16 Å². The number of carbonyl (C=O) groups excluding carboxylic acids is 1. The molecule has 24 heavy (non-hydrogen) atoms. The van der Waals surface area contributed by atoms with Crippen LogP contribution in [0.4, 0.5) is 5.69 Å². The van der Waals surface area contributed by atoms with Gasteiger partial charge in [-0.05, 0) is 23.8 Å². The van der Waals surface area contributed by atoms with Crippen LogP contribution in [0.25, 0.3) is 11.3 Å². The molecule has 3 aromatic rings. The van der Waals surface area contributed by atoms with Crippen LogP contribution in [0.3, 0.4) is 0 Å². The van der Waals surface area contributed by atoms with Crippen LogP contribution in [0.5, 0.6) is 0 Å². The topological polar surface area (TPSA) is 46.9 Å². The van der Waals surface area contributed by atoms with Crippen molar-refractivity contribution in [2.75, 3.05) is 11.1 Å². The minimum Gasteiger partial charge on any atom is -0.325 e. The first kappa shape index (κ1) is 16.6. The van der Waals surface area contributed by atoms with Gasteiger partial charge in [-0.15, -0.1) is 0 Å². The highest BCUT2D eigenvalue weighted by Gasteiger charge is 2.11. The largest absolute Gasteiger partial charge is 0.325 e. The molecule has 1 aromatic heterocycles. The molecule has 2 aromatic carbocycles. The molecule has 0 fully saturated rings. The van der Waals surface area contributed by atoms with Gasteiger partial charge >= 0.3 is 0 Å². The normalized spacial score (nSPS) is 10.6. The number of amides is 1. The molecule has 0 saturated carbocycles. The Kier molecular flexibility index (Phi) is 5.23. The summed E-state index contributed by atoms with van der Waals surface area (Å²) in [6.07, 6.45) is 1.83. The van der Waals surface area contributed by atoms with E-state index in [4.69, 9.17) is 11.6 Å². The molecule has 0 aliphatic heterocycles. The van der Waals surface area contributed by atoms with Gasteiger partial charge in [0.2, 0.25) is 5.91 Å². The first-order valence-corrected chi connectivity index (χ1v) is 8.75. The summed E-state index contributed by atoms with van der Waals surface area (Å²) in [6, 6.07) is 17.1. The van der Waals surface area contributed by atoms with Crippen LogP contribution >= 0.6 is 23.4 Å². The Bertz CT molecular complexity index is 848. The second-order valence-corrected chi connectivity index (χ2v) is 6.58. The molecule has 0 spiro atoms. The average Bonchev–Trinajstić information content (AvgIpc) is 2.94. The zero-order valence-electron chi connectivity index (χ0n) is 13.1. The van der Waals surface area contributed by atoms with Crippen LogP contribution in [-0.4, -0.2) is 21.2 Å². The lowest BCUT2D eigenvalue weighted by Crippen LogP contribution is -2.14. The van der Waals surface area contributed by atoms with Crippen LogP contribution in [0.2, 0.25) is 5.02 Å². The summed E-state index contributed by atoms with van der Waals surface area (Å²) in [7, 11) is 1.95. The smallest absolute Gasteiger partial charge is 0.234 e. The highest BCUT2D eigenvalue weighted by atomic mass is 35.5. The van der Waals surface area contributed by atoms with E-state index in [1.165, 1.54) is 11.8 Å². The molecule has 3 rings (SSSR count). The quantitative estimate of drug-likeness (QED) is 0.685. The van der Waals surface area contributed by atoms with Crippen molar-refractivity contribution in [3.63, 3.8) is 0 Å². The van der Waals surface area contributed by atoms with Gasteiger partial charge < -0.3 is 9.88 Å². The van der Waals surface area contributed by atoms with E-state index in [-0.39, 0.29) is 11.7 Å². The minimum atomic E-state index is -0.0912. The van der Waals surface area contributed by atoms with E-state index < -0.39 is 0 Å². The molecular weight excluding hydrogens is 342 g/mol. The number of anilines is 1. The number of nitrogens with zero attached hydrogens (tertiary/aromatic N) is 2. The van der Waals surface area contributed by atoms with Crippen LogP contribution in [0.1, 0.15) is 0 Å². The zero-order chi connectivity index (χ0) is 16.9. The van der Waals surface area contributed by atoms with Crippen molar-refractivity contribution in [3.05, 3.63) is 65.8 Å². The van der Waals surface area contributed by atoms with E-state index in [1.807, 2.05) is 54.2 Å². The number of benzene rings is 2. The molecule has 0 saturated heterocycles. The average molecular weight is 358 g/mol. The Morgan fingerprint density at radius 1 is 1.21 bits per heavy atom. The summed E-state index contributed by atoms with van der Waals surface area (Å²) in [5, 5.41) is 4.23. The summed E-state index contributed by atoms with van der Waals surface area (Å²) in [5.74, 6) is 0.192. The maximum atomic E-state index is 12.1. The molecule has 0 bridgehead atoms. The molecule has 0 atom stereocenters. The molecular formula is C18H16ClN3OS. The molecule has 1 N–H and O–H groups in total. The van der Waals surface area contributed by atoms with Gasteiger partial charge in [-0.1, -0.05) is 59.8 Å². The lowest BCUT2D eigenvalue weighted by molar-refractivity contribution is -0.113. The third kappa shape index (κ3) is 3.99. The van der Waals surface area contributed by atoms with Crippen molar-refractivity contribution < 1.29 is 4.79 Å². The van der Waals surface area contributed by atoms with Crippen LogP contribution in [-0.2, 0) is 11.8 Å². The molecule has 0 unspecified atom stereocenters. The summed E-state index contributed by atoms with van der Waals surface area (Å²) in [4.78, 5) is 16.5. The van der Waals surface area contributed by atoms with E-state index in [2.05, 4.69) is 10.3 Å². The fourth-order valence-corrected chi connectivity index (χ4v) is 3.24. The Balaban J connectivity index is 1.63. The molecule has 0 radical (unpaired) electrons. The van der Waals surface area contributed by atoms with E-state index in [9.17, 15) is 4.79 Å². The fourth-order valence-electron chi connectivity index (χ4n) is 2.30. The number of imidazole rings is 1. The molecule has 0 aliphatic rings. The summed E-state index contributed by atoms with van der Waals surface area (Å²) in [5.41, 5.74) is 2.81. The highest BCUT2D eigenvalue weighted by Crippen LogP contribution is 2.24. The molecule has 6 heteroatoms. The Morgan fingerprint density at radius 3 is 2.75 bits per heavy atom. The lowest BCUT2D eigenvalue weighted by Gasteiger charge is -2.07. The van der Waals surface area contributed by atoms with Gasteiger partial charge in [-0.3, -0.25) is 4.79 Å². The van der Waals surface area contributed by atoms with E-state index in [0.717, 1.165) is 16.4 Å². The first-order valence-electron chi connectivity index (χ1n) is 7.39. The number of hydrogen-bond donors (Lipinski definition) is 1. The number of rotatable bonds is 5. The second-order valence-electron chi connectivity index (χ2n) is 5.20. The number of nitrogens with one attached hydrogen (secondary N) is 1. The first-order chi connectivity index (χ1) is 11.6. The van der Waals surface area contributed by atoms with Crippen LogP contribution in [0, 0.1) is 0 Å². The summed E-state index contributed by atoms with van der Waals surface area (Å²) >= 11 is 7.31. The van der Waals surface area contributed by atoms with Crippen LogP contribution in [0.15, 0.2) is 66.0 Å². The second kappa shape index (κ2) is 7.55. The third-order valence-corrected chi connectivity index (χ3v) is 4.73. The number of halogens is 1. The van der Waals surface area contributed by atoms with Gasteiger partial charge in [0.25, 0.3) is 0 Å². The number of hydrogen-bond acceptors (Lipinski definition) is 3. The monoisotopic (exact) mass is 357 g/mol. The number of aromatic nitrogens is 2. The van der Waals surface area contributed by atoms with Crippen molar-refractivity contribution >= 4 is 35.0 Å². The van der Waals surface area contributed by atoms with Crippen molar-refractivity contribution in [3.8, 4) is 11.3 Å². The summed E-state index contributed by atoms with van der Waals surface area (Å²) in [6.45, 7) is 0. The fraction of sp³-hybridized carbons (Fsp3) is 0.111. The predicted molar refractivity (Wildman–Crippen MR) is 99.4 cm³/mol. The Hall–Kier alpha value is -2.24. The highest BCUT2D eigenvalue weighted by molar-refractivity contribution is 7.99. The van der Waals surface area contributed by atoms with Crippen LogP contribution < -0.4 is 5.32 Å². The predicted octanol–water partition coefficient (Wildman–Crippen LogP) is 4.47. The van der Waals surface area contributed by atoms with E-state index >= 15 is 0 Å². The maximum absolute atomic E-state index is 12.1. The van der Waals surface area contributed by atoms with E-state index in [0.29, 0.717) is 10.7 Å². The number of carbonyl (C=O) groups is 1. The molecule has 0 aliphatic carbocycles. The van der Waals surface area contributed by atoms with Crippen molar-refractivity contribution in [1.82, 2.24) is 9.55 Å². The summed E-state index contributed by atoms with van der Waals surface area (Å²) < 4.78 is 1.99. The minimum absolute atomic E-state index is 0.0912. The maximum Gasteiger partial charge on any atom is 0.234 e. The van der Waals surface area contributed by atoms with Gasteiger partial charge in [0.05, 0.1) is 17.6 Å². The van der Waals surface area contributed by atoms with E-state index in [1.54, 1.807) is 18.2 Å². The SMILES string of the molecule is Cn1c(-c2ccccc2)cnc1SCC(=O)Nc1cccc(Cl)c1. The molecule has 1 amide bonds. The van der Waals surface area contributed by atoms with Gasteiger partial charge in [0.1, 0.15) is 0 Å². The standard InChI is InChI=1S/C18H16ClN3OS/c1-22-16(13-6-3-2-4-7-13)11-20-18(22)24-12-17(23)21-15-9-5-8-14(19)10-15/h2-11H,12H2,1H3,(H,21,23). The Morgan fingerprint density at radius 2 is 2.00 bits per heavy atom. The van der Waals surface area contributed by atoms with Crippen molar-refractivity contribution in [2.24, 2.45) is 7.05 Å². The zero-order valence-corrected chi connectivity index (χ0v) is 14.6. The van der Waals surface area contributed by atoms with Gasteiger partial charge in [-0.25, -0.2) is 4.98 Å². The van der Waals surface area contributed by atoms with Crippen molar-refractivity contribution in [1.29, 1.82) is 0 Å². The van der Waals surface area contributed by atoms with Gasteiger partial charge in [0, 0.05) is 17.8 Å². The lowest BCUT2D eigenvalue weighted by atomic mass is 10.2. The molecule has 122 valence electrons. The molecule has 1 heterocycles. The number of thioether (sulfide) groups is 1. The molecule has 4 nitrogen and oxygen atoms in total. The van der Waals surface area contributed by atoms with Gasteiger partial charge in [-0.2, -0.15) is 0 Å². The third-order valence-electron chi connectivity index (χ3n) is 3.46.